The molecule has 0 amide bonds. The van der Waals surface area contributed by atoms with Crippen molar-refractivity contribution in [1.82, 2.24) is 19.9 Å². The van der Waals surface area contributed by atoms with Crippen molar-refractivity contribution < 1.29 is 23.1 Å². The number of rotatable bonds is 5. The quantitative estimate of drug-likeness (QED) is 0.606. The third-order valence-corrected chi connectivity index (χ3v) is 3.02. The van der Waals surface area contributed by atoms with E-state index in [1.54, 1.807) is 6.33 Å². The first-order valence-corrected chi connectivity index (χ1v) is 7.19. The number of fused-ring (bicyclic) bond motifs is 1. The number of nitrogens with one attached hydrogen (secondary N) is 1. The Balaban J connectivity index is 0.000000351. The predicted octanol–water partition coefficient (Wildman–Crippen LogP) is 2.15. The minimum absolute atomic E-state index is 0.156. The Bertz CT molecular complexity index is 673. The number of aromatic nitrogens is 4. The Morgan fingerprint density at radius 3 is 2.54 bits per heavy atom. The molecule has 2 rings (SSSR count). The van der Waals surface area contributed by atoms with E-state index >= 15 is 0 Å². The van der Waals surface area contributed by atoms with Crippen molar-refractivity contribution >= 4 is 23.0 Å². The van der Waals surface area contributed by atoms with Gasteiger partial charge in [-0.1, -0.05) is 26.2 Å². The number of aromatic amines is 1. The molecule has 0 saturated carbocycles. The van der Waals surface area contributed by atoms with E-state index in [9.17, 15) is 13.2 Å². The highest BCUT2D eigenvalue weighted by Gasteiger charge is 2.38. The maximum absolute atomic E-state index is 10.6. The molecule has 134 valence electrons. The Morgan fingerprint density at radius 1 is 1.38 bits per heavy atom. The van der Waals surface area contributed by atoms with Gasteiger partial charge in [0.15, 0.2) is 11.5 Å². The van der Waals surface area contributed by atoms with Crippen LogP contribution in [-0.4, -0.2) is 37.2 Å². The maximum atomic E-state index is 10.6. The molecule has 0 spiro atoms. The average Bonchev–Trinajstić information content (AvgIpc) is 2.96. The van der Waals surface area contributed by atoms with Gasteiger partial charge in [0.1, 0.15) is 11.3 Å². The summed E-state index contributed by atoms with van der Waals surface area (Å²) in [5.41, 5.74) is 13.1. The first-order valence-electron chi connectivity index (χ1n) is 7.19. The van der Waals surface area contributed by atoms with E-state index < -0.39 is 12.1 Å². The number of hydrogen-bond acceptors (Lipinski definition) is 6. The summed E-state index contributed by atoms with van der Waals surface area (Å²) in [6, 6.07) is -0.156. The number of carboxylic acids is 1. The van der Waals surface area contributed by atoms with Gasteiger partial charge in [-0.05, 0) is 6.42 Å². The van der Waals surface area contributed by atoms with Crippen molar-refractivity contribution in [1.29, 1.82) is 0 Å². The van der Waals surface area contributed by atoms with Crippen molar-refractivity contribution in [2.75, 3.05) is 5.73 Å². The lowest BCUT2D eigenvalue weighted by atomic mass is 10.1. The van der Waals surface area contributed by atoms with Crippen LogP contribution in [0.2, 0.25) is 0 Å². The van der Waals surface area contributed by atoms with Gasteiger partial charge in [-0.15, -0.1) is 0 Å². The van der Waals surface area contributed by atoms with Gasteiger partial charge >= 0.3 is 12.1 Å². The molecule has 1 unspecified atom stereocenters. The van der Waals surface area contributed by atoms with Gasteiger partial charge < -0.3 is 21.6 Å². The van der Waals surface area contributed by atoms with Crippen LogP contribution in [-0.2, 0) is 4.79 Å². The molecule has 11 heteroatoms. The average molecular weight is 348 g/mol. The Labute approximate surface area is 135 Å². The van der Waals surface area contributed by atoms with Crippen molar-refractivity contribution in [2.24, 2.45) is 5.73 Å². The molecule has 2 heterocycles. The summed E-state index contributed by atoms with van der Waals surface area (Å²) in [5, 5.41) is 7.12. The summed E-state index contributed by atoms with van der Waals surface area (Å²) in [6.07, 6.45) is 0.793. The number of H-pyrrole nitrogens is 1. The van der Waals surface area contributed by atoms with Gasteiger partial charge in [0.2, 0.25) is 0 Å². The second-order valence-corrected chi connectivity index (χ2v) is 4.97. The molecule has 0 fully saturated rings. The minimum atomic E-state index is -5.08. The van der Waals surface area contributed by atoms with E-state index in [0.29, 0.717) is 22.8 Å². The predicted molar refractivity (Wildman–Crippen MR) is 80.9 cm³/mol. The van der Waals surface area contributed by atoms with Crippen molar-refractivity contribution in [3.63, 3.8) is 0 Å². The van der Waals surface area contributed by atoms with Gasteiger partial charge in [-0.25, -0.2) is 19.7 Å². The number of carbonyl (C=O) groups is 1. The number of alkyl halides is 3. The molecule has 0 aromatic carbocycles. The van der Waals surface area contributed by atoms with Crippen LogP contribution in [0.25, 0.3) is 11.2 Å². The number of unbranched alkanes of at least 4 members (excludes halogenated alkanes) is 2. The zero-order valence-corrected chi connectivity index (χ0v) is 13.0. The third-order valence-electron chi connectivity index (χ3n) is 3.02. The molecule has 24 heavy (non-hydrogen) atoms. The SMILES string of the molecule is CCCCCC(N)c1nc(N)c2nc[nH]c2n1.O=C(O)C(F)(F)F. The van der Waals surface area contributed by atoms with Gasteiger partial charge in [0, 0.05) is 0 Å². The van der Waals surface area contributed by atoms with E-state index in [0.717, 1.165) is 12.8 Å². The van der Waals surface area contributed by atoms with Crippen LogP contribution in [0.15, 0.2) is 6.33 Å². The fraction of sp³-hybridized carbons (Fsp3) is 0.538. The minimum Gasteiger partial charge on any atom is -0.475 e. The summed E-state index contributed by atoms with van der Waals surface area (Å²) in [7, 11) is 0. The third kappa shape index (κ3) is 5.65. The largest absolute Gasteiger partial charge is 0.490 e. The summed E-state index contributed by atoms with van der Waals surface area (Å²) < 4.78 is 31.7. The number of nitrogen functional groups attached to an aromatic ring is 1. The number of anilines is 1. The number of halogens is 3. The molecular formula is C13H19F3N6O2. The van der Waals surface area contributed by atoms with E-state index in [1.807, 2.05) is 0 Å². The molecule has 0 bridgehead atoms. The lowest BCUT2D eigenvalue weighted by Crippen LogP contribution is -2.21. The first kappa shape index (κ1) is 19.6. The highest BCUT2D eigenvalue weighted by molar-refractivity contribution is 5.80. The van der Waals surface area contributed by atoms with Crippen LogP contribution >= 0.6 is 0 Å². The summed E-state index contributed by atoms with van der Waals surface area (Å²) in [4.78, 5) is 24.4. The van der Waals surface area contributed by atoms with Crippen LogP contribution in [0.4, 0.5) is 19.0 Å². The van der Waals surface area contributed by atoms with Crippen LogP contribution in [0.3, 0.4) is 0 Å². The Hall–Kier alpha value is -2.43. The summed E-state index contributed by atoms with van der Waals surface area (Å²) in [5.74, 6) is -1.78. The van der Waals surface area contributed by atoms with Gasteiger partial charge in [-0.3, -0.25) is 0 Å². The second-order valence-electron chi connectivity index (χ2n) is 4.97. The fourth-order valence-electron chi connectivity index (χ4n) is 1.79. The standard InChI is InChI=1S/C11H18N6.C2HF3O2/c1-2-3-4-5-7(12)10-16-9(13)8-11(17-10)15-6-14-8;3-2(4,5)1(6)7/h6-7H,2-5,12H2,1H3,(H3,13,14,15,16,17);(H,6,7). The number of aliphatic carboxylic acids is 1. The van der Waals surface area contributed by atoms with Gasteiger partial charge in [-0.2, -0.15) is 13.2 Å². The van der Waals surface area contributed by atoms with Crippen molar-refractivity contribution in [2.45, 2.75) is 44.8 Å². The fourth-order valence-corrected chi connectivity index (χ4v) is 1.79. The number of hydrogen-bond donors (Lipinski definition) is 4. The van der Waals surface area contributed by atoms with Crippen LogP contribution in [0.5, 0.6) is 0 Å². The lowest BCUT2D eigenvalue weighted by Gasteiger charge is -2.10. The number of nitrogens with two attached hydrogens (primary N) is 2. The topological polar surface area (TPSA) is 144 Å². The molecule has 2 aromatic rings. The molecule has 2 aromatic heterocycles. The molecule has 0 saturated heterocycles. The highest BCUT2D eigenvalue weighted by atomic mass is 19.4. The molecule has 6 N–H and O–H groups in total. The zero-order chi connectivity index (χ0) is 18.3. The molecule has 8 nitrogen and oxygen atoms in total. The summed E-state index contributed by atoms with van der Waals surface area (Å²) in [6.45, 7) is 2.16. The number of nitrogens with zero attached hydrogens (tertiary/aromatic N) is 3. The molecule has 1 atom stereocenters. The molecule has 0 aliphatic carbocycles. The first-order chi connectivity index (χ1) is 11.2. The van der Waals surface area contributed by atoms with Gasteiger partial charge in [0.25, 0.3) is 0 Å². The van der Waals surface area contributed by atoms with E-state index in [2.05, 4.69) is 26.9 Å². The molecule has 0 aliphatic heterocycles. The van der Waals surface area contributed by atoms with Crippen LogP contribution in [0.1, 0.15) is 44.5 Å². The highest BCUT2D eigenvalue weighted by Crippen LogP contribution is 2.19. The number of imidazole rings is 1. The summed E-state index contributed by atoms with van der Waals surface area (Å²) >= 11 is 0. The maximum Gasteiger partial charge on any atom is 0.490 e. The van der Waals surface area contributed by atoms with Crippen molar-refractivity contribution in [3.05, 3.63) is 12.2 Å². The lowest BCUT2D eigenvalue weighted by molar-refractivity contribution is -0.192. The normalized spacial score (nSPS) is 12.5. The van der Waals surface area contributed by atoms with Crippen molar-refractivity contribution in [3.8, 4) is 0 Å². The second kappa shape index (κ2) is 8.43. The van der Waals surface area contributed by atoms with E-state index in [1.165, 1.54) is 12.8 Å². The van der Waals surface area contributed by atoms with Crippen LogP contribution in [0, 0.1) is 0 Å². The molecule has 0 aliphatic rings. The van der Waals surface area contributed by atoms with Crippen LogP contribution < -0.4 is 11.5 Å². The Morgan fingerprint density at radius 2 is 2.00 bits per heavy atom. The smallest absolute Gasteiger partial charge is 0.475 e. The molecular weight excluding hydrogens is 329 g/mol. The monoisotopic (exact) mass is 348 g/mol. The number of carboxylic acid groups (broad SMARTS) is 1. The van der Waals surface area contributed by atoms with E-state index in [4.69, 9.17) is 21.4 Å². The molecule has 0 radical (unpaired) electrons. The van der Waals surface area contributed by atoms with E-state index in [-0.39, 0.29) is 6.04 Å². The zero-order valence-electron chi connectivity index (χ0n) is 13.0. The Kier molecular flexibility index (Phi) is 6.89. The van der Waals surface area contributed by atoms with Gasteiger partial charge in [0.05, 0.1) is 12.4 Å².